The van der Waals surface area contributed by atoms with Gasteiger partial charge in [-0.1, -0.05) is 6.07 Å². The van der Waals surface area contributed by atoms with E-state index in [1.54, 1.807) is 0 Å². The van der Waals surface area contributed by atoms with Crippen LogP contribution in [0.2, 0.25) is 0 Å². The van der Waals surface area contributed by atoms with E-state index in [9.17, 15) is 0 Å². The molecule has 3 heteroatoms. The van der Waals surface area contributed by atoms with E-state index in [0.29, 0.717) is 12.1 Å². The normalized spacial score (nSPS) is 21.3. The number of thiophene rings is 1. The van der Waals surface area contributed by atoms with Crippen LogP contribution in [0.1, 0.15) is 49.8 Å². The van der Waals surface area contributed by atoms with Gasteiger partial charge in [-0.3, -0.25) is 0 Å². The summed E-state index contributed by atoms with van der Waals surface area (Å²) in [5.74, 6) is 0. The van der Waals surface area contributed by atoms with Gasteiger partial charge in [0.15, 0.2) is 0 Å². The van der Waals surface area contributed by atoms with Crippen molar-refractivity contribution in [1.82, 2.24) is 0 Å². The molecule has 2 nitrogen and oxygen atoms in total. The van der Waals surface area contributed by atoms with E-state index >= 15 is 0 Å². The van der Waals surface area contributed by atoms with Crippen molar-refractivity contribution in [2.75, 3.05) is 6.61 Å². The molecule has 1 saturated heterocycles. The van der Waals surface area contributed by atoms with Crippen LogP contribution in [0.3, 0.4) is 0 Å². The molecule has 0 spiro atoms. The molecule has 0 aromatic carbocycles. The molecule has 0 bridgehead atoms. The Morgan fingerprint density at radius 3 is 3.00 bits per heavy atom. The molecule has 2 heterocycles. The fraction of sp³-hybridized carbons (Fsp3) is 0.733. The van der Waals surface area contributed by atoms with Gasteiger partial charge in [-0.15, -0.1) is 11.3 Å². The van der Waals surface area contributed by atoms with Crippen LogP contribution in [0.5, 0.6) is 0 Å². The summed E-state index contributed by atoms with van der Waals surface area (Å²) in [5, 5.41) is 2.15. The summed E-state index contributed by atoms with van der Waals surface area (Å²) in [5.41, 5.74) is 6.16. The van der Waals surface area contributed by atoms with Crippen molar-refractivity contribution >= 4 is 11.3 Å². The molecule has 2 rings (SSSR count). The zero-order valence-electron chi connectivity index (χ0n) is 11.1. The van der Waals surface area contributed by atoms with Crippen molar-refractivity contribution in [3.8, 4) is 0 Å². The zero-order chi connectivity index (χ0) is 12.6. The first-order valence-corrected chi connectivity index (χ1v) is 8.12. The molecule has 1 aliphatic heterocycles. The summed E-state index contributed by atoms with van der Waals surface area (Å²) in [6.07, 6.45) is 10.2. The second-order valence-electron chi connectivity index (χ2n) is 5.30. The zero-order valence-corrected chi connectivity index (χ0v) is 12.0. The van der Waals surface area contributed by atoms with E-state index in [1.807, 2.05) is 11.3 Å². The van der Waals surface area contributed by atoms with Crippen LogP contribution in [-0.4, -0.2) is 18.8 Å². The van der Waals surface area contributed by atoms with Crippen LogP contribution in [0.15, 0.2) is 17.5 Å². The molecular weight excluding hydrogens is 242 g/mol. The van der Waals surface area contributed by atoms with E-state index in [1.165, 1.54) is 43.4 Å². The van der Waals surface area contributed by atoms with Crippen LogP contribution in [0.4, 0.5) is 0 Å². The maximum atomic E-state index is 6.16. The average Bonchev–Trinajstić information content (AvgIpc) is 3.01. The van der Waals surface area contributed by atoms with Crippen LogP contribution >= 0.6 is 11.3 Å². The Morgan fingerprint density at radius 2 is 2.28 bits per heavy atom. The first-order chi connectivity index (χ1) is 8.84. The highest BCUT2D eigenvalue weighted by atomic mass is 32.1. The molecule has 2 unspecified atom stereocenters. The van der Waals surface area contributed by atoms with Gasteiger partial charge in [0, 0.05) is 17.5 Å². The minimum atomic E-state index is 0.381. The summed E-state index contributed by atoms with van der Waals surface area (Å²) in [4.78, 5) is 1.49. The van der Waals surface area contributed by atoms with Gasteiger partial charge in [-0.2, -0.15) is 0 Å². The average molecular weight is 267 g/mol. The monoisotopic (exact) mass is 267 g/mol. The highest BCUT2D eigenvalue weighted by Gasteiger charge is 2.15. The van der Waals surface area contributed by atoms with Crippen molar-refractivity contribution in [2.24, 2.45) is 5.73 Å². The predicted octanol–water partition coefficient (Wildman–Crippen LogP) is 3.75. The summed E-state index contributed by atoms with van der Waals surface area (Å²) in [7, 11) is 0. The molecule has 2 N–H and O–H groups in total. The number of aryl methyl sites for hydroxylation is 1. The minimum absolute atomic E-state index is 0.381. The first-order valence-electron chi connectivity index (χ1n) is 7.24. The SMILES string of the molecule is NC(CCCc1cccs1)CCCC1CCCO1. The topological polar surface area (TPSA) is 35.2 Å². The van der Waals surface area contributed by atoms with Crippen LogP contribution in [-0.2, 0) is 11.2 Å². The lowest BCUT2D eigenvalue weighted by Gasteiger charge is -2.13. The van der Waals surface area contributed by atoms with E-state index in [4.69, 9.17) is 10.5 Å². The quantitative estimate of drug-likeness (QED) is 0.778. The maximum absolute atomic E-state index is 6.16. The lowest BCUT2D eigenvalue weighted by Crippen LogP contribution is -2.20. The third kappa shape index (κ3) is 5.09. The Hall–Kier alpha value is -0.380. The molecule has 1 fully saturated rings. The number of nitrogens with two attached hydrogens (primary N) is 1. The number of hydrogen-bond donors (Lipinski definition) is 1. The summed E-state index contributed by atoms with van der Waals surface area (Å²) < 4.78 is 5.63. The van der Waals surface area contributed by atoms with E-state index in [-0.39, 0.29) is 0 Å². The van der Waals surface area contributed by atoms with Crippen LogP contribution < -0.4 is 5.73 Å². The number of hydrogen-bond acceptors (Lipinski definition) is 3. The second kappa shape index (κ2) is 7.93. The number of ether oxygens (including phenoxy) is 1. The van der Waals surface area contributed by atoms with Crippen LogP contribution in [0.25, 0.3) is 0 Å². The van der Waals surface area contributed by atoms with E-state index < -0.39 is 0 Å². The molecular formula is C15H25NOS. The highest BCUT2D eigenvalue weighted by molar-refractivity contribution is 7.09. The molecule has 1 aliphatic rings. The van der Waals surface area contributed by atoms with Crippen molar-refractivity contribution in [2.45, 2.75) is 63.5 Å². The highest BCUT2D eigenvalue weighted by Crippen LogP contribution is 2.19. The Labute approximate surface area is 115 Å². The van der Waals surface area contributed by atoms with Gasteiger partial charge in [0.2, 0.25) is 0 Å². The smallest absolute Gasteiger partial charge is 0.0576 e. The van der Waals surface area contributed by atoms with Gasteiger partial charge in [0.1, 0.15) is 0 Å². The van der Waals surface area contributed by atoms with Crippen molar-refractivity contribution in [1.29, 1.82) is 0 Å². The van der Waals surface area contributed by atoms with Gasteiger partial charge in [-0.25, -0.2) is 0 Å². The fourth-order valence-electron chi connectivity index (χ4n) is 2.62. The van der Waals surface area contributed by atoms with Gasteiger partial charge >= 0.3 is 0 Å². The lowest BCUT2D eigenvalue weighted by molar-refractivity contribution is 0.101. The molecule has 1 aromatic rings. The molecule has 0 aliphatic carbocycles. The Bertz CT molecular complexity index is 306. The van der Waals surface area contributed by atoms with Crippen LogP contribution in [0, 0.1) is 0 Å². The first kappa shape index (κ1) is 14.0. The third-order valence-electron chi connectivity index (χ3n) is 3.70. The Morgan fingerprint density at radius 1 is 1.39 bits per heavy atom. The maximum Gasteiger partial charge on any atom is 0.0576 e. The second-order valence-corrected chi connectivity index (χ2v) is 6.33. The van der Waals surface area contributed by atoms with Gasteiger partial charge in [-0.05, 0) is 62.8 Å². The molecule has 1 aromatic heterocycles. The molecule has 0 amide bonds. The standard InChI is InChI=1S/C15H25NOS/c16-13(5-1-7-14-8-3-11-17-14)6-2-9-15-10-4-12-18-15/h4,10,12-14H,1-3,5-9,11,16H2. The summed E-state index contributed by atoms with van der Waals surface area (Å²) in [6, 6.07) is 4.72. The molecule has 0 radical (unpaired) electrons. The van der Waals surface area contributed by atoms with Gasteiger partial charge in [0.25, 0.3) is 0 Å². The van der Waals surface area contributed by atoms with E-state index in [0.717, 1.165) is 19.4 Å². The lowest BCUT2D eigenvalue weighted by atomic mass is 10.0. The van der Waals surface area contributed by atoms with Gasteiger partial charge in [0.05, 0.1) is 6.10 Å². The third-order valence-corrected chi connectivity index (χ3v) is 4.64. The molecule has 18 heavy (non-hydrogen) atoms. The molecule has 2 atom stereocenters. The van der Waals surface area contributed by atoms with E-state index in [2.05, 4.69) is 17.5 Å². The van der Waals surface area contributed by atoms with Gasteiger partial charge < -0.3 is 10.5 Å². The predicted molar refractivity (Wildman–Crippen MR) is 78.1 cm³/mol. The fourth-order valence-corrected chi connectivity index (χ4v) is 3.37. The number of rotatable bonds is 8. The van der Waals surface area contributed by atoms with Crippen molar-refractivity contribution in [3.05, 3.63) is 22.4 Å². The summed E-state index contributed by atoms with van der Waals surface area (Å²) >= 11 is 1.85. The molecule has 0 saturated carbocycles. The summed E-state index contributed by atoms with van der Waals surface area (Å²) in [6.45, 7) is 0.970. The minimum Gasteiger partial charge on any atom is -0.378 e. The Balaban J connectivity index is 1.48. The van der Waals surface area contributed by atoms with Crippen molar-refractivity contribution < 1.29 is 4.74 Å². The van der Waals surface area contributed by atoms with Crippen molar-refractivity contribution in [3.63, 3.8) is 0 Å². The Kier molecular flexibility index (Phi) is 6.18. The largest absolute Gasteiger partial charge is 0.378 e. The molecule has 102 valence electrons.